The number of hydrogen-bond donors (Lipinski definition) is 4. The summed E-state index contributed by atoms with van der Waals surface area (Å²) in [5.41, 5.74) is 7.22. The number of amides is 1. The van der Waals surface area contributed by atoms with E-state index in [9.17, 15) is 19.5 Å². The molecule has 0 spiro atoms. The number of esters is 1. The van der Waals surface area contributed by atoms with E-state index in [4.69, 9.17) is 15.3 Å². The number of aliphatic hydroxyl groups excluding tert-OH is 1. The monoisotopic (exact) mass is 368 g/mol. The zero-order valence-corrected chi connectivity index (χ0v) is 13.5. The number of imidazole rings is 1. The van der Waals surface area contributed by atoms with Crippen molar-refractivity contribution < 1.29 is 29.0 Å². The number of carbonyl (C=O) groups excluding carboxylic acids is 2. The number of fused-ring (bicyclic) bond motifs is 1. The van der Waals surface area contributed by atoms with Crippen LogP contribution in [0.3, 0.4) is 0 Å². The van der Waals surface area contributed by atoms with Crippen molar-refractivity contribution in [1.82, 2.24) is 25.0 Å². The Labute approximate surface area is 145 Å². The van der Waals surface area contributed by atoms with Crippen molar-refractivity contribution in [2.24, 2.45) is 0 Å². The van der Waals surface area contributed by atoms with Gasteiger partial charge in [0.15, 0.2) is 11.2 Å². The average molecular weight is 368 g/mol. The number of ether oxygens (including phenoxy) is 2. The fourth-order valence-corrected chi connectivity index (χ4v) is 2.51. The van der Waals surface area contributed by atoms with E-state index < -0.39 is 35.9 Å². The van der Waals surface area contributed by atoms with Gasteiger partial charge in [-0.2, -0.15) is 4.98 Å². The minimum atomic E-state index is -1.12. The molecule has 0 radical (unpaired) electrons. The molecule has 3 heterocycles. The highest BCUT2D eigenvalue weighted by molar-refractivity contribution is 6.32. The molecule has 1 saturated heterocycles. The largest absolute Gasteiger partial charge is 0.462 e. The second-order valence-corrected chi connectivity index (χ2v) is 5.44. The Morgan fingerprint density at radius 2 is 2.35 bits per heavy atom. The molecule has 0 saturated carbocycles. The Morgan fingerprint density at radius 1 is 1.58 bits per heavy atom. The minimum Gasteiger partial charge on any atom is -0.462 e. The molecule has 1 amide bonds. The molecule has 0 aliphatic carbocycles. The van der Waals surface area contributed by atoms with Gasteiger partial charge in [0, 0.05) is 6.42 Å². The summed E-state index contributed by atoms with van der Waals surface area (Å²) in [6.45, 7) is -0.219. The fourth-order valence-electron chi connectivity index (χ4n) is 2.51. The van der Waals surface area contributed by atoms with Gasteiger partial charge in [-0.1, -0.05) is 0 Å². The molecule has 2 aromatic rings. The summed E-state index contributed by atoms with van der Waals surface area (Å²) in [5.74, 6) is -2.28. The molecular formula is C13H16N6O7. The third kappa shape index (κ3) is 3.35. The van der Waals surface area contributed by atoms with Gasteiger partial charge in [0.05, 0.1) is 19.5 Å². The molecule has 2 aromatic heterocycles. The summed E-state index contributed by atoms with van der Waals surface area (Å²) in [6, 6.07) is 0. The molecule has 0 unspecified atom stereocenters. The van der Waals surface area contributed by atoms with Crippen molar-refractivity contribution >= 4 is 29.0 Å². The van der Waals surface area contributed by atoms with E-state index in [0.717, 1.165) is 7.11 Å². The number of nitrogens with two attached hydrogens (primary N) is 1. The normalized spacial score (nSPS) is 22.5. The summed E-state index contributed by atoms with van der Waals surface area (Å²) >= 11 is 0. The number of methoxy groups -OCH3 is 1. The predicted octanol–water partition coefficient (Wildman–Crippen LogP) is -2.43. The smallest absolute Gasteiger partial charge is 0.398 e. The highest BCUT2D eigenvalue weighted by atomic mass is 16.7. The fraction of sp³-hybridized carbons (Fsp3) is 0.462. The zero-order chi connectivity index (χ0) is 18.8. The maximum Gasteiger partial charge on any atom is 0.398 e. The van der Waals surface area contributed by atoms with Gasteiger partial charge in [0.25, 0.3) is 5.56 Å². The van der Waals surface area contributed by atoms with Crippen LogP contribution in [-0.4, -0.2) is 62.4 Å². The Morgan fingerprint density at radius 3 is 3.08 bits per heavy atom. The van der Waals surface area contributed by atoms with Gasteiger partial charge in [-0.3, -0.25) is 24.0 Å². The molecule has 26 heavy (non-hydrogen) atoms. The van der Waals surface area contributed by atoms with Crippen LogP contribution in [0.4, 0.5) is 5.95 Å². The summed E-state index contributed by atoms with van der Waals surface area (Å²) in [6.07, 6.45) is -0.875. The molecule has 140 valence electrons. The summed E-state index contributed by atoms with van der Waals surface area (Å²) in [5, 5.41) is 10.1. The molecule has 1 aliphatic rings. The molecule has 1 aliphatic heterocycles. The predicted molar refractivity (Wildman–Crippen MR) is 83.2 cm³/mol. The van der Waals surface area contributed by atoms with Crippen LogP contribution in [0.5, 0.6) is 0 Å². The van der Waals surface area contributed by atoms with Crippen LogP contribution < -0.4 is 16.8 Å². The average Bonchev–Trinajstić information content (AvgIpc) is 3.17. The first kappa shape index (κ1) is 17.8. The lowest BCUT2D eigenvalue weighted by Crippen LogP contribution is -2.36. The number of hydrogen-bond acceptors (Lipinski definition) is 10. The Kier molecular flexibility index (Phi) is 4.83. The minimum absolute atomic E-state index is 0.0757. The Hall–Kier alpha value is -3.03. The van der Waals surface area contributed by atoms with E-state index in [-0.39, 0.29) is 30.1 Å². The van der Waals surface area contributed by atoms with E-state index in [2.05, 4.69) is 19.7 Å². The molecule has 3 atom stereocenters. The molecule has 0 aromatic carbocycles. The van der Waals surface area contributed by atoms with E-state index in [1.165, 1.54) is 10.9 Å². The number of aromatic nitrogens is 4. The van der Waals surface area contributed by atoms with Crippen LogP contribution in [0.15, 0.2) is 11.1 Å². The molecule has 3 rings (SSSR count). The van der Waals surface area contributed by atoms with Gasteiger partial charge in [0.2, 0.25) is 5.95 Å². The van der Waals surface area contributed by atoms with Crippen molar-refractivity contribution in [2.45, 2.75) is 24.9 Å². The van der Waals surface area contributed by atoms with E-state index >= 15 is 0 Å². The van der Waals surface area contributed by atoms with Crippen molar-refractivity contribution in [2.75, 3.05) is 19.5 Å². The van der Waals surface area contributed by atoms with E-state index in [1.54, 1.807) is 0 Å². The van der Waals surface area contributed by atoms with Crippen LogP contribution in [0.1, 0.15) is 12.6 Å². The highest BCUT2D eigenvalue weighted by Gasteiger charge is 2.36. The van der Waals surface area contributed by atoms with Crippen molar-refractivity contribution in [3.8, 4) is 0 Å². The van der Waals surface area contributed by atoms with E-state index in [0.29, 0.717) is 0 Å². The number of H-pyrrole nitrogens is 1. The van der Waals surface area contributed by atoms with Crippen LogP contribution >= 0.6 is 0 Å². The maximum atomic E-state index is 11.8. The third-order valence-electron chi connectivity index (χ3n) is 3.75. The molecular weight excluding hydrogens is 352 g/mol. The van der Waals surface area contributed by atoms with Crippen LogP contribution in [0, 0.1) is 0 Å². The van der Waals surface area contributed by atoms with Crippen LogP contribution in [-0.2, 0) is 23.9 Å². The lowest BCUT2D eigenvalue weighted by molar-refractivity contribution is -0.161. The van der Waals surface area contributed by atoms with Gasteiger partial charge < -0.3 is 20.3 Å². The van der Waals surface area contributed by atoms with Gasteiger partial charge >= 0.3 is 11.9 Å². The summed E-state index contributed by atoms with van der Waals surface area (Å²) in [7, 11) is 1.05. The third-order valence-corrected chi connectivity index (χ3v) is 3.75. The van der Waals surface area contributed by atoms with Crippen molar-refractivity contribution in [3.63, 3.8) is 0 Å². The number of anilines is 1. The molecule has 0 bridgehead atoms. The molecule has 1 fully saturated rings. The van der Waals surface area contributed by atoms with Gasteiger partial charge in [-0.05, 0) is 0 Å². The second-order valence-electron chi connectivity index (χ2n) is 5.44. The van der Waals surface area contributed by atoms with Gasteiger partial charge in [-0.25, -0.2) is 15.3 Å². The number of carbonyl (C=O) groups is 2. The first-order valence-corrected chi connectivity index (χ1v) is 7.46. The molecule has 13 nitrogen and oxygen atoms in total. The number of rotatable bonds is 4. The second kappa shape index (κ2) is 7.07. The Balaban J connectivity index is 1.67. The number of aliphatic hydroxyl groups is 1. The lowest BCUT2D eigenvalue weighted by Gasteiger charge is -2.15. The summed E-state index contributed by atoms with van der Waals surface area (Å²) in [4.78, 5) is 49.1. The SMILES string of the molecule is COC(=O)C(=O)NOC[C@H]1O[C@@H](n2cnc3c(=O)[nH]c(N)nc32)C[C@@H]1O. The van der Waals surface area contributed by atoms with Gasteiger partial charge in [-0.15, -0.1) is 0 Å². The maximum absolute atomic E-state index is 11.8. The topological polar surface area (TPSA) is 184 Å². The molecule has 13 heteroatoms. The molecule has 5 N–H and O–H groups in total. The summed E-state index contributed by atoms with van der Waals surface area (Å²) < 4.78 is 11.3. The Bertz CT molecular complexity index is 893. The number of hydroxylamine groups is 1. The first-order chi connectivity index (χ1) is 12.4. The van der Waals surface area contributed by atoms with Crippen LogP contribution in [0.2, 0.25) is 0 Å². The van der Waals surface area contributed by atoms with E-state index in [1.807, 2.05) is 5.48 Å². The van der Waals surface area contributed by atoms with Gasteiger partial charge in [0.1, 0.15) is 18.9 Å². The first-order valence-electron chi connectivity index (χ1n) is 7.46. The number of nitrogens with one attached hydrogen (secondary N) is 2. The van der Waals surface area contributed by atoms with Crippen LogP contribution in [0.25, 0.3) is 11.2 Å². The number of nitrogens with zero attached hydrogens (tertiary/aromatic N) is 3. The highest BCUT2D eigenvalue weighted by Crippen LogP contribution is 2.30. The lowest BCUT2D eigenvalue weighted by atomic mass is 10.2. The zero-order valence-electron chi connectivity index (χ0n) is 13.5. The van der Waals surface area contributed by atoms with Crippen molar-refractivity contribution in [1.29, 1.82) is 0 Å². The number of nitrogen functional groups attached to an aromatic ring is 1. The van der Waals surface area contributed by atoms with Crippen molar-refractivity contribution in [3.05, 3.63) is 16.7 Å². The standard InChI is InChI=1S/C13H16N6O7/c1-24-12(23)11(22)18-25-3-6-5(20)2-7(26-6)19-4-15-8-9(19)16-13(14)17-10(8)21/h4-7,20H,2-3H2,1H3,(H,18,22)(H3,14,16,17,21)/t5-,6+,7+/m0/s1. The number of aromatic amines is 1. The quantitative estimate of drug-likeness (QED) is 0.257.